The second-order valence-corrected chi connectivity index (χ2v) is 4.77. The van der Waals surface area contributed by atoms with Crippen LogP contribution in [0.25, 0.3) is 0 Å². The molecule has 0 unspecified atom stereocenters. The summed E-state index contributed by atoms with van der Waals surface area (Å²) >= 11 is 0. The fourth-order valence-corrected chi connectivity index (χ4v) is 1.95. The molecule has 0 bridgehead atoms. The van der Waals surface area contributed by atoms with Gasteiger partial charge in [-0.05, 0) is 29.3 Å². The van der Waals surface area contributed by atoms with Gasteiger partial charge in [0.05, 0.1) is 11.6 Å². The van der Waals surface area contributed by atoms with Gasteiger partial charge in [0.1, 0.15) is 0 Å². The minimum atomic E-state index is 0. The molecular weight excluding hydrogens is 389 g/mol. The Morgan fingerprint density at radius 2 is 1.77 bits per heavy atom. The van der Waals surface area contributed by atoms with Crippen LogP contribution in [0.4, 0.5) is 0 Å². The molecule has 0 radical (unpaired) electrons. The largest absolute Gasteiger partial charge is 0.357 e. The van der Waals surface area contributed by atoms with Crippen molar-refractivity contribution in [2.24, 2.45) is 12.0 Å². The Balaban J connectivity index is 0.00000242. The van der Waals surface area contributed by atoms with Crippen molar-refractivity contribution in [3.63, 3.8) is 0 Å². The Labute approximate surface area is 148 Å². The van der Waals surface area contributed by atoms with Crippen molar-refractivity contribution in [3.05, 3.63) is 59.4 Å². The fourth-order valence-electron chi connectivity index (χ4n) is 1.95. The summed E-state index contributed by atoms with van der Waals surface area (Å²) in [4.78, 5) is 4.19. The van der Waals surface area contributed by atoms with Gasteiger partial charge < -0.3 is 15.2 Å². The highest BCUT2D eigenvalue weighted by Crippen LogP contribution is 2.03. The Bertz CT molecular complexity index is 652. The smallest absolute Gasteiger partial charge is 0.191 e. The van der Waals surface area contributed by atoms with Crippen molar-refractivity contribution in [2.75, 3.05) is 7.05 Å². The predicted octanol–water partition coefficient (Wildman–Crippen LogP) is 2.38. The van der Waals surface area contributed by atoms with Crippen molar-refractivity contribution in [1.29, 1.82) is 5.26 Å². The van der Waals surface area contributed by atoms with E-state index < -0.39 is 0 Å². The average molecular weight is 409 g/mol. The van der Waals surface area contributed by atoms with Crippen LogP contribution in [0.3, 0.4) is 0 Å². The maximum atomic E-state index is 8.77. The Morgan fingerprint density at radius 3 is 2.27 bits per heavy atom. The zero-order valence-corrected chi connectivity index (χ0v) is 15.0. The van der Waals surface area contributed by atoms with E-state index in [1.165, 1.54) is 5.56 Å². The lowest BCUT2D eigenvalue weighted by Crippen LogP contribution is -2.36. The van der Waals surface area contributed by atoms with Gasteiger partial charge in [-0.15, -0.1) is 24.0 Å². The topological polar surface area (TPSA) is 65.1 Å². The quantitative estimate of drug-likeness (QED) is 0.463. The molecule has 116 valence electrons. The lowest BCUT2D eigenvalue weighted by molar-refractivity contribution is 0.806. The van der Waals surface area contributed by atoms with Gasteiger partial charge in [0.15, 0.2) is 5.96 Å². The molecule has 6 heteroatoms. The summed E-state index contributed by atoms with van der Waals surface area (Å²) in [5.41, 5.74) is 2.99. The molecule has 0 aliphatic rings. The average Bonchev–Trinajstić information content (AvgIpc) is 2.93. The molecule has 1 heterocycles. The molecule has 2 rings (SSSR count). The molecular formula is C16H20IN5. The van der Waals surface area contributed by atoms with Gasteiger partial charge in [-0.2, -0.15) is 5.26 Å². The van der Waals surface area contributed by atoms with Gasteiger partial charge in [0.25, 0.3) is 0 Å². The minimum absolute atomic E-state index is 0. The van der Waals surface area contributed by atoms with Crippen LogP contribution in [0.2, 0.25) is 0 Å². The summed E-state index contributed by atoms with van der Waals surface area (Å²) in [5, 5.41) is 15.3. The maximum absolute atomic E-state index is 8.77. The Kier molecular flexibility index (Phi) is 7.46. The highest BCUT2D eigenvalue weighted by molar-refractivity contribution is 14.0. The molecule has 5 nitrogen and oxygen atoms in total. The number of halogens is 1. The van der Waals surface area contributed by atoms with E-state index in [-0.39, 0.29) is 24.0 Å². The molecule has 0 amide bonds. The van der Waals surface area contributed by atoms with E-state index in [0.717, 1.165) is 18.1 Å². The third kappa shape index (κ3) is 5.41. The maximum Gasteiger partial charge on any atom is 0.191 e. The number of aliphatic imine (C=N–C) groups is 1. The second-order valence-electron chi connectivity index (χ2n) is 4.77. The molecule has 0 spiro atoms. The zero-order chi connectivity index (χ0) is 15.1. The first-order valence-corrected chi connectivity index (χ1v) is 6.75. The fraction of sp³-hybridized carbons (Fsp3) is 0.250. The van der Waals surface area contributed by atoms with Crippen LogP contribution in [0.5, 0.6) is 0 Å². The number of hydrogen-bond donors (Lipinski definition) is 2. The molecule has 22 heavy (non-hydrogen) atoms. The number of nitrogens with one attached hydrogen (secondary N) is 2. The molecule has 2 aromatic rings. The van der Waals surface area contributed by atoms with Crippen LogP contribution >= 0.6 is 24.0 Å². The number of hydrogen-bond acceptors (Lipinski definition) is 2. The minimum Gasteiger partial charge on any atom is -0.357 e. The highest BCUT2D eigenvalue weighted by Gasteiger charge is 2.00. The van der Waals surface area contributed by atoms with Crippen molar-refractivity contribution >= 4 is 29.9 Å². The SMILES string of the molecule is CN=C(NCc1ccc(C#N)cc1)NCc1ccn(C)c1.I. The van der Waals surface area contributed by atoms with Crippen LogP contribution in [0, 0.1) is 11.3 Å². The van der Waals surface area contributed by atoms with Gasteiger partial charge >= 0.3 is 0 Å². The molecule has 0 atom stereocenters. The zero-order valence-electron chi connectivity index (χ0n) is 12.7. The predicted molar refractivity (Wildman–Crippen MR) is 99.0 cm³/mol. The van der Waals surface area contributed by atoms with Gasteiger partial charge in [0, 0.05) is 39.6 Å². The summed E-state index contributed by atoms with van der Waals surface area (Å²) in [6, 6.07) is 11.7. The standard InChI is InChI=1S/C16H19N5.HI/c1-18-16(20-11-15-7-8-21(2)12-15)19-10-14-5-3-13(9-17)4-6-14;/h3-8,12H,10-11H2,1-2H3,(H2,18,19,20);1H. The van der Waals surface area contributed by atoms with Gasteiger partial charge in [0.2, 0.25) is 0 Å². The van der Waals surface area contributed by atoms with E-state index in [0.29, 0.717) is 12.1 Å². The van der Waals surface area contributed by atoms with Crippen LogP contribution in [0.15, 0.2) is 47.7 Å². The number of rotatable bonds is 4. The van der Waals surface area contributed by atoms with Gasteiger partial charge in [-0.25, -0.2) is 0 Å². The van der Waals surface area contributed by atoms with E-state index in [2.05, 4.69) is 34.0 Å². The summed E-state index contributed by atoms with van der Waals surface area (Å²) in [6.45, 7) is 1.40. The van der Waals surface area contributed by atoms with E-state index in [9.17, 15) is 0 Å². The second kappa shape index (κ2) is 9.10. The number of aromatic nitrogens is 1. The Morgan fingerprint density at radius 1 is 1.14 bits per heavy atom. The highest BCUT2D eigenvalue weighted by atomic mass is 127. The third-order valence-electron chi connectivity index (χ3n) is 3.12. The van der Waals surface area contributed by atoms with Crippen LogP contribution in [-0.4, -0.2) is 17.6 Å². The summed E-state index contributed by atoms with van der Waals surface area (Å²) in [7, 11) is 3.75. The van der Waals surface area contributed by atoms with E-state index >= 15 is 0 Å². The van der Waals surface area contributed by atoms with Crippen LogP contribution in [-0.2, 0) is 20.1 Å². The van der Waals surface area contributed by atoms with Gasteiger partial charge in [-0.3, -0.25) is 4.99 Å². The van der Waals surface area contributed by atoms with Crippen molar-refractivity contribution in [1.82, 2.24) is 15.2 Å². The lowest BCUT2D eigenvalue weighted by atomic mass is 10.1. The number of guanidine groups is 1. The number of nitrogens with zero attached hydrogens (tertiary/aromatic N) is 3. The van der Waals surface area contributed by atoms with Crippen molar-refractivity contribution in [3.8, 4) is 6.07 Å². The van der Waals surface area contributed by atoms with E-state index in [4.69, 9.17) is 5.26 Å². The van der Waals surface area contributed by atoms with Crippen molar-refractivity contribution < 1.29 is 0 Å². The van der Waals surface area contributed by atoms with E-state index in [1.54, 1.807) is 7.05 Å². The molecule has 0 saturated carbocycles. The first-order valence-electron chi connectivity index (χ1n) is 6.75. The molecule has 2 N–H and O–H groups in total. The molecule has 1 aromatic carbocycles. The molecule has 0 aliphatic carbocycles. The van der Waals surface area contributed by atoms with Gasteiger partial charge in [-0.1, -0.05) is 12.1 Å². The normalized spacial score (nSPS) is 10.5. The molecule has 1 aromatic heterocycles. The number of nitriles is 1. The first-order chi connectivity index (χ1) is 10.2. The first kappa shape index (κ1) is 18.0. The van der Waals surface area contributed by atoms with Crippen LogP contribution < -0.4 is 10.6 Å². The monoisotopic (exact) mass is 409 g/mol. The molecule has 0 saturated heterocycles. The summed E-state index contributed by atoms with van der Waals surface area (Å²) in [5.74, 6) is 0.753. The number of benzene rings is 1. The Hall–Kier alpha value is -2.01. The van der Waals surface area contributed by atoms with Crippen LogP contribution in [0.1, 0.15) is 16.7 Å². The lowest BCUT2D eigenvalue weighted by Gasteiger charge is -2.11. The number of aryl methyl sites for hydroxylation is 1. The summed E-state index contributed by atoms with van der Waals surface area (Å²) in [6.07, 6.45) is 4.09. The third-order valence-corrected chi connectivity index (χ3v) is 3.12. The summed E-state index contributed by atoms with van der Waals surface area (Å²) < 4.78 is 2.02. The molecule has 0 aliphatic heterocycles. The van der Waals surface area contributed by atoms with Crippen molar-refractivity contribution in [2.45, 2.75) is 13.1 Å². The van der Waals surface area contributed by atoms with E-state index in [1.807, 2.05) is 42.1 Å². The molecule has 0 fully saturated rings.